The van der Waals surface area contributed by atoms with Crippen LogP contribution in [0.3, 0.4) is 0 Å². The number of nitrogens with one attached hydrogen (secondary N) is 1. The van der Waals surface area contributed by atoms with Gasteiger partial charge in [-0.25, -0.2) is 0 Å². The Morgan fingerprint density at radius 1 is 1.10 bits per heavy atom. The minimum absolute atomic E-state index is 0.00693. The van der Waals surface area contributed by atoms with Crippen LogP contribution in [-0.4, -0.2) is 97.3 Å². The zero-order valence-electron chi connectivity index (χ0n) is 34.1. The standard InChI is InChI=1S/C43H54FN5O9Si/c1-5-57-33-14-16-36-29(21-33)22-35(45-17-6-7-19-50)41(53)48(36)30-11-8-10-28(20-30)25-47-37-15-13-31(49(55)56)23-34(37)43(42(47)54)27(2)40(59(3,4)44)38(58-43)24-39(52)46-18-9-12-32(46)26-51/h8,10-11,13-16,20-21,23,27,32,35,38,40,45,50-51H,5-7,9,12,17-19,22,24-26H2,1-4H3/t27-,32+,35?,38+,40-,43+/m1/s1. The van der Waals surface area contributed by atoms with E-state index in [4.69, 9.17) is 9.47 Å². The Labute approximate surface area is 344 Å². The third kappa shape index (κ3) is 7.88. The number of carbonyl (C=O) groups is 3. The van der Waals surface area contributed by atoms with Crippen LogP contribution < -0.4 is 19.9 Å². The summed E-state index contributed by atoms with van der Waals surface area (Å²) in [5.41, 5.74) is 0.636. The molecule has 59 heavy (non-hydrogen) atoms. The van der Waals surface area contributed by atoms with E-state index in [1.165, 1.54) is 36.2 Å². The van der Waals surface area contributed by atoms with E-state index in [-0.39, 0.29) is 55.3 Å². The van der Waals surface area contributed by atoms with Crippen LogP contribution in [-0.2, 0) is 37.7 Å². The first-order chi connectivity index (χ1) is 28.2. The number of halogens is 1. The molecule has 3 aromatic rings. The minimum Gasteiger partial charge on any atom is -0.494 e. The summed E-state index contributed by atoms with van der Waals surface area (Å²) in [5.74, 6) is -1.05. The number of amides is 3. The normalized spacial score (nSPS) is 25.2. The van der Waals surface area contributed by atoms with E-state index in [0.29, 0.717) is 73.8 Å². The minimum atomic E-state index is -3.66. The Morgan fingerprint density at radius 2 is 1.88 bits per heavy atom. The summed E-state index contributed by atoms with van der Waals surface area (Å²) in [4.78, 5) is 59.5. The Bertz CT molecular complexity index is 2100. The molecule has 3 aromatic carbocycles. The molecule has 14 nitrogen and oxygen atoms in total. The first-order valence-electron chi connectivity index (χ1n) is 20.6. The van der Waals surface area contributed by atoms with Crippen molar-refractivity contribution in [1.29, 1.82) is 0 Å². The van der Waals surface area contributed by atoms with Crippen LogP contribution >= 0.6 is 0 Å². The SMILES string of the molecule is CCOc1ccc2c(c1)CC(NCCCCO)C(=O)N2c1cccc(CN2C(=O)[C@@]3(O[C@@H](CC(=O)N4CCC[C@H]4CO)[C@H]([Si](C)(C)F)[C@H]3C)c3cc([N+](=O)[O-])ccc32)c1. The average molecular weight is 832 g/mol. The molecule has 16 heteroatoms. The van der Waals surface area contributed by atoms with E-state index in [2.05, 4.69) is 5.32 Å². The van der Waals surface area contributed by atoms with Gasteiger partial charge in [-0.2, -0.15) is 0 Å². The molecule has 4 aliphatic rings. The monoisotopic (exact) mass is 831 g/mol. The molecule has 0 saturated carbocycles. The average Bonchev–Trinajstić information content (AvgIpc) is 3.87. The zero-order chi connectivity index (χ0) is 42.2. The highest BCUT2D eigenvalue weighted by Gasteiger charge is 2.67. The number of nitro benzene ring substituents is 1. The second-order valence-corrected chi connectivity index (χ2v) is 20.4. The number of likely N-dealkylation sites (tertiary alicyclic amines) is 1. The van der Waals surface area contributed by atoms with Crippen molar-refractivity contribution in [2.45, 2.75) is 101 Å². The Morgan fingerprint density at radius 3 is 2.59 bits per heavy atom. The number of ether oxygens (including phenoxy) is 2. The lowest BCUT2D eigenvalue weighted by molar-refractivity contribution is -0.385. The molecule has 1 spiro atoms. The second kappa shape index (κ2) is 17.1. The first kappa shape index (κ1) is 42.4. The van der Waals surface area contributed by atoms with E-state index in [9.17, 15) is 29.9 Å². The van der Waals surface area contributed by atoms with Crippen molar-refractivity contribution in [3.05, 3.63) is 87.5 Å². The van der Waals surface area contributed by atoms with Gasteiger partial charge in [0.2, 0.25) is 20.2 Å². The van der Waals surface area contributed by atoms with Crippen LogP contribution in [0.25, 0.3) is 0 Å². The van der Waals surface area contributed by atoms with Gasteiger partial charge in [0.15, 0.2) is 5.60 Å². The number of nitro groups is 1. The molecule has 7 rings (SSSR count). The van der Waals surface area contributed by atoms with Crippen molar-refractivity contribution in [3.63, 3.8) is 0 Å². The van der Waals surface area contributed by atoms with Crippen LogP contribution in [0.5, 0.6) is 5.75 Å². The summed E-state index contributed by atoms with van der Waals surface area (Å²) in [6.07, 6.45) is 1.97. The summed E-state index contributed by atoms with van der Waals surface area (Å²) in [5, 5.41) is 34.7. The zero-order valence-corrected chi connectivity index (χ0v) is 35.1. The fraction of sp³-hybridized carbons (Fsp3) is 0.512. The van der Waals surface area contributed by atoms with Crippen LogP contribution in [0.15, 0.2) is 60.7 Å². The topological polar surface area (TPSA) is 175 Å². The maximum Gasteiger partial charge on any atom is 0.269 e. The van der Waals surface area contributed by atoms with Crippen molar-refractivity contribution < 1.29 is 43.1 Å². The molecule has 0 bridgehead atoms. The molecular formula is C43H54FN5O9Si. The van der Waals surface area contributed by atoms with Gasteiger partial charge in [0.25, 0.3) is 11.6 Å². The number of anilines is 3. The van der Waals surface area contributed by atoms with E-state index < -0.39 is 48.4 Å². The van der Waals surface area contributed by atoms with Gasteiger partial charge < -0.3 is 38.9 Å². The van der Waals surface area contributed by atoms with Gasteiger partial charge in [0, 0.05) is 48.0 Å². The summed E-state index contributed by atoms with van der Waals surface area (Å²) in [6.45, 7) is 8.08. The van der Waals surface area contributed by atoms with Gasteiger partial charge in [-0.3, -0.25) is 29.4 Å². The van der Waals surface area contributed by atoms with Crippen LogP contribution in [0.4, 0.5) is 26.9 Å². The van der Waals surface area contributed by atoms with Crippen molar-refractivity contribution in [3.8, 4) is 5.75 Å². The molecule has 0 aliphatic carbocycles. The number of nitrogens with zero attached hydrogens (tertiary/aromatic N) is 4. The number of non-ortho nitro benzene ring substituents is 1. The fourth-order valence-corrected chi connectivity index (χ4v) is 12.3. The highest BCUT2D eigenvalue weighted by molar-refractivity contribution is 6.72. The summed E-state index contributed by atoms with van der Waals surface area (Å²) in [7, 11) is -3.66. The van der Waals surface area contributed by atoms with Gasteiger partial charge >= 0.3 is 0 Å². The number of aliphatic hydroxyl groups is 2. The molecule has 2 fully saturated rings. The number of hydrogen-bond donors (Lipinski definition) is 3. The molecule has 3 N–H and O–H groups in total. The van der Waals surface area contributed by atoms with Crippen LogP contribution in [0.1, 0.15) is 62.6 Å². The molecule has 4 aliphatic heterocycles. The molecule has 316 valence electrons. The van der Waals surface area contributed by atoms with Gasteiger partial charge in [-0.05, 0) is 106 Å². The molecular weight excluding hydrogens is 778 g/mol. The summed E-state index contributed by atoms with van der Waals surface area (Å²) < 4.78 is 29.0. The fourth-order valence-electron chi connectivity index (χ4n) is 9.85. The smallest absolute Gasteiger partial charge is 0.269 e. The number of unbranched alkanes of at least 4 members (excludes halogenated alkanes) is 1. The van der Waals surface area contributed by atoms with Crippen molar-refractivity contribution in [2.75, 3.05) is 42.7 Å². The number of hydrogen-bond acceptors (Lipinski definition) is 10. The predicted octanol–water partition coefficient (Wildman–Crippen LogP) is 5.64. The molecule has 4 heterocycles. The molecule has 0 aromatic heterocycles. The van der Waals surface area contributed by atoms with Crippen LogP contribution in [0, 0.1) is 16.0 Å². The molecule has 0 radical (unpaired) electrons. The molecule has 6 atom stereocenters. The lowest BCUT2D eigenvalue weighted by atomic mass is 9.82. The largest absolute Gasteiger partial charge is 0.494 e. The van der Waals surface area contributed by atoms with Crippen molar-refractivity contribution in [2.24, 2.45) is 5.92 Å². The number of benzene rings is 3. The number of carbonyl (C=O) groups excluding carboxylic acids is 3. The van der Waals surface area contributed by atoms with E-state index in [1.54, 1.807) is 22.8 Å². The maximum absolute atomic E-state index is 16.5. The highest BCUT2D eigenvalue weighted by Crippen LogP contribution is 2.61. The van der Waals surface area contributed by atoms with E-state index >= 15 is 8.90 Å². The third-order valence-electron chi connectivity index (χ3n) is 12.5. The van der Waals surface area contributed by atoms with E-state index in [1.807, 2.05) is 43.3 Å². The third-order valence-corrected chi connectivity index (χ3v) is 14.9. The van der Waals surface area contributed by atoms with Crippen molar-refractivity contribution >= 4 is 48.9 Å². The Kier molecular flexibility index (Phi) is 12.3. The second-order valence-electron chi connectivity index (χ2n) is 16.6. The maximum atomic E-state index is 16.5. The number of rotatable bonds is 15. The lowest BCUT2D eigenvalue weighted by Gasteiger charge is -2.35. The van der Waals surface area contributed by atoms with E-state index in [0.717, 1.165) is 12.0 Å². The predicted molar refractivity (Wildman–Crippen MR) is 222 cm³/mol. The molecule has 1 unspecified atom stereocenters. The van der Waals surface area contributed by atoms with Gasteiger partial charge in [-0.15, -0.1) is 0 Å². The highest BCUT2D eigenvalue weighted by atomic mass is 28.4. The number of aliphatic hydroxyl groups excluding tert-OH is 2. The Hall–Kier alpha value is -4.74. The Balaban J connectivity index is 1.24. The van der Waals surface area contributed by atoms with Gasteiger partial charge in [0.05, 0.1) is 60.7 Å². The quantitative estimate of drug-likeness (QED) is 0.0572. The summed E-state index contributed by atoms with van der Waals surface area (Å²) in [6, 6.07) is 16.2. The van der Waals surface area contributed by atoms with Crippen LogP contribution in [0.2, 0.25) is 18.6 Å². The number of fused-ring (bicyclic) bond motifs is 3. The summed E-state index contributed by atoms with van der Waals surface area (Å²) >= 11 is 0. The first-order valence-corrected chi connectivity index (χ1v) is 23.6. The molecule has 2 saturated heterocycles. The van der Waals surface area contributed by atoms with Crippen molar-refractivity contribution in [1.82, 2.24) is 10.2 Å². The van der Waals surface area contributed by atoms with Gasteiger partial charge in [0.1, 0.15) is 5.75 Å². The molecule has 3 amide bonds. The lowest BCUT2D eigenvalue weighted by Crippen LogP contribution is -2.49. The van der Waals surface area contributed by atoms with Gasteiger partial charge in [-0.1, -0.05) is 19.1 Å².